The predicted molar refractivity (Wildman–Crippen MR) is 99.1 cm³/mol. The zero-order valence-electron chi connectivity index (χ0n) is 14.7. The lowest BCUT2D eigenvalue weighted by Gasteiger charge is -2.37. The Morgan fingerprint density at radius 3 is 2.37 bits per heavy atom. The van der Waals surface area contributed by atoms with Crippen LogP contribution < -0.4 is 0 Å². The van der Waals surface area contributed by atoms with Crippen LogP contribution in [0.3, 0.4) is 0 Å². The molecule has 5 atom stereocenters. The lowest BCUT2D eigenvalue weighted by atomic mass is 9.95. The van der Waals surface area contributed by atoms with E-state index in [2.05, 4.69) is 17.9 Å². The second kappa shape index (κ2) is 6.97. The third-order valence-corrected chi connectivity index (χ3v) is 4.88. The number of aliphatic hydroxyl groups is 4. The van der Waals surface area contributed by atoms with E-state index in [1.54, 1.807) is 6.07 Å². The molecule has 0 amide bonds. The maximum atomic E-state index is 10.1. The Morgan fingerprint density at radius 1 is 0.926 bits per heavy atom. The molecule has 3 aromatic rings. The Balaban J connectivity index is 1.68. The molecule has 4 N–H and O–H groups in total. The fraction of sp³-hybridized carbons (Fsp3) is 0.333. The number of aliphatic hydroxyl groups excluding tert-OH is 4. The van der Waals surface area contributed by atoms with E-state index >= 15 is 0 Å². The summed E-state index contributed by atoms with van der Waals surface area (Å²) in [5.74, 6) is 5.72. The van der Waals surface area contributed by atoms with Crippen LogP contribution in [0.4, 0.5) is 0 Å². The van der Waals surface area contributed by atoms with E-state index in [1.165, 1.54) is 0 Å². The van der Waals surface area contributed by atoms with Crippen LogP contribution >= 0.6 is 0 Å². The first kappa shape index (κ1) is 18.0. The van der Waals surface area contributed by atoms with Gasteiger partial charge in [-0.3, -0.25) is 0 Å². The van der Waals surface area contributed by atoms with Crippen LogP contribution in [0.2, 0.25) is 0 Å². The van der Waals surface area contributed by atoms with Gasteiger partial charge in [0.1, 0.15) is 41.7 Å². The summed E-state index contributed by atoms with van der Waals surface area (Å²) in [5, 5.41) is 40.9. The van der Waals surface area contributed by atoms with Crippen molar-refractivity contribution in [2.75, 3.05) is 6.61 Å². The van der Waals surface area contributed by atoms with Gasteiger partial charge in [0.2, 0.25) is 0 Å². The molecule has 0 aliphatic carbocycles. The summed E-state index contributed by atoms with van der Waals surface area (Å²) in [7, 11) is 0. The summed E-state index contributed by atoms with van der Waals surface area (Å²) in [6.07, 6.45) is -6.17. The second-order valence-corrected chi connectivity index (χ2v) is 6.83. The maximum Gasteiger partial charge on any atom is 0.147 e. The van der Waals surface area contributed by atoms with Crippen LogP contribution in [0.5, 0.6) is 0 Å². The molecular formula is C21H20O6. The van der Waals surface area contributed by atoms with E-state index in [9.17, 15) is 20.4 Å². The third kappa shape index (κ3) is 3.21. The standard InChI is InChI=1S/C21H20O6/c1-11-2-5-15-13(8-11)14-9-12(3-6-16(14)26-15)4-7-17-19(23)21(25)20(24)18(10-22)27-17/h2-3,5-6,8-9,17-25H,10H2,1H3/t17-,18-,19-,20-,21-/m1/s1. The summed E-state index contributed by atoms with van der Waals surface area (Å²) in [4.78, 5) is 0. The monoisotopic (exact) mass is 368 g/mol. The normalized spacial score (nSPS) is 28.3. The first-order chi connectivity index (χ1) is 13.0. The molecule has 1 aromatic heterocycles. The molecule has 27 heavy (non-hydrogen) atoms. The zero-order chi connectivity index (χ0) is 19.1. The van der Waals surface area contributed by atoms with E-state index in [4.69, 9.17) is 9.15 Å². The van der Waals surface area contributed by atoms with Crippen LogP contribution in [0.25, 0.3) is 21.9 Å². The molecule has 1 aliphatic heterocycles. The fourth-order valence-electron chi connectivity index (χ4n) is 3.34. The Kier molecular flexibility index (Phi) is 4.64. The van der Waals surface area contributed by atoms with Gasteiger partial charge in [0.15, 0.2) is 0 Å². The molecule has 2 heterocycles. The number of furan rings is 1. The fourth-order valence-corrected chi connectivity index (χ4v) is 3.34. The summed E-state index contributed by atoms with van der Waals surface area (Å²) in [6.45, 7) is 1.54. The highest BCUT2D eigenvalue weighted by Gasteiger charge is 2.42. The molecule has 2 aromatic carbocycles. The molecule has 1 fully saturated rings. The Morgan fingerprint density at radius 2 is 1.63 bits per heavy atom. The van der Waals surface area contributed by atoms with Crippen molar-refractivity contribution >= 4 is 21.9 Å². The maximum absolute atomic E-state index is 10.1. The average Bonchev–Trinajstić information content (AvgIpc) is 3.03. The van der Waals surface area contributed by atoms with Gasteiger partial charge in [-0.25, -0.2) is 0 Å². The Labute approximate surface area is 155 Å². The number of benzene rings is 2. The molecule has 4 rings (SSSR count). The minimum absolute atomic E-state index is 0.477. The minimum atomic E-state index is -1.43. The topological polar surface area (TPSA) is 103 Å². The molecular weight excluding hydrogens is 348 g/mol. The van der Waals surface area contributed by atoms with Crippen LogP contribution in [-0.2, 0) is 4.74 Å². The Bertz CT molecular complexity index is 1040. The van der Waals surface area contributed by atoms with Crippen molar-refractivity contribution < 1.29 is 29.6 Å². The largest absolute Gasteiger partial charge is 0.456 e. The number of hydrogen-bond donors (Lipinski definition) is 4. The molecule has 1 aliphatic rings. The number of hydrogen-bond acceptors (Lipinski definition) is 6. The quantitative estimate of drug-likeness (QED) is 0.480. The SMILES string of the molecule is Cc1ccc2oc3ccc(C#C[C@H]4O[C@H](CO)[C@@H](O)[C@H](O)[C@@H]4O)cc3c2c1. The van der Waals surface area contributed by atoms with Gasteiger partial charge < -0.3 is 29.6 Å². The van der Waals surface area contributed by atoms with E-state index in [1.807, 2.05) is 31.2 Å². The van der Waals surface area contributed by atoms with Crippen LogP contribution in [-0.4, -0.2) is 57.6 Å². The van der Waals surface area contributed by atoms with E-state index in [-0.39, 0.29) is 0 Å². The number of fused-ring (bicyclic) bond motifs is 3. The molecule has 0 radical (unpaired) electrons. The number of ether oxygens (including phenoxy) is 1. The highest BCUT2D eigenvalue weighted by molar-refractivity contribution is 6.05. The van der Waals surface area contributed by atoms with Crippen molar-refractivity contribution in [3.8, 4) is 11.8 Å². The zero-order valence-corrected chi connectivity index (χ0v) is 14.7. The Hall–Kier alpha value is -2.40. The molecule has 0 unspecified atom stereocenters. The molecule has 0 bridgehead atoms. The number of aryl methyl sites for hydroxylation is 1. The van der Waals surface area contributed by atoms with Crippen molar-refractivity contribution in [2.24, 2.45) is 0 Å². The van der Waals surface area contributed by atoms with E-state index < -0.39 is 37.1 Å². The van der Waals surface area contributed by atoms with Crippen LogP contribution in [0.1, 0.15) is 11.1 Å². The molecule has 0 saturated carbocycles. The van der Waals surface area contributed by atoms with Gasteiger partial charge in [-0.2, -0.15) is 0 Å². The second-order valence-electron chi connectivity index (χ2n) is 6.83. The molecule has 1 saturated heterocycles. The summed E-state index contributed by atoms with van der Waals surface area (Å²) in [6, 6.07) is 11.5. The van der Waals surface area contributed by atoms with Gasteiger partial charge in [0, 0.05) is 16.3 Å². The van der Waals surface area contributed by atoms with Crippen molar-refractivity contribution in [1.82, 2.24) is 0 Å². The minimum Gasteiger partial charge on any atom is -0.456 e. The smallest absolute Gasteiger partial charge is 0.147 e. The summed E-state index contributed by atoms with van der Waals surface area (Å²) < 4.78 is 11.2. The predicted octanol–water partition coefficient (Wildman–Crippen LogP) is 1.09. The van der Waals surface area contributed by atoms with Gasteiger partial charge in [0.05, 0.1) is 6.61 Å². The first-order valence-corrected chi connectivity index (χ1v) is 8.73. The van der Waals surface area contributed by atoms with Gasteiger partial charge >= 0.3 is 0 Å². The van der Waals surface area contributed by atoms with Crippen LogP contribution in [0.15, 0.2) is 40.8 Å². The van der Waals surface area contributed by atoms with Crippen LogP contribution in [0, 0.1) is 18.8 Å². The third-order valence-electron chi connectivity index (χ3n) is 4.88. The van der Waals surface area contributed by atoms with Crippen molar-refractivity contribution in [3.05, 3.63) is 47.5 Å². The van der Waals surface area contributed by atoms with Crippen molar-refractivity contribution in [2.45, 2.75) is 37.4 Å². The number of rotatable bonds is 1. The first-order valence-electron chi connectivity index (χ1n) is 8.73. The summed E-state index contributed by atoms with van der Waals surface area (Å²) in [5.41, 5.74) is 3.38. The average molecular weight is 368 g/mol. The van der Waals surface area contributed by atoms with Crippen molar-refractivity contribution in [3.63, 3.8) is 0 Å². The molecule has 0 spiro atoms. The molecule has 6 nitrogen and oxygen atoms in total. The highest BCUT2D eigenvalue weighted by Crippen LogP contribution is 2.30. The van der Waals surface area contributed by atoms with Gasteiger partial charge in [-0.05, 0) is 37.3 Å². The summed E-state index contributed by atoms with van der Waals surface area (Å²) >= 11 is 0. The van der Waals surface area contributed by atoms with Gasteiger partial charge in [-0.1, -0.05) is 23.5 Å². The lowest BCUT2D eigenvalue weighted by molar-refractivity contribution is -0.214. The molecule has 140 valence electrons. The lowest BCUT2D eigenvalue weighted by Crippen LogP contribution is -2.58. The van der Waals surface area contributed by atoms with E-state index in [0.29, 0.717) is 5.56 Å². The highest BCUT2D eigenvalue weighted by atomic mass is 16.5. The van der Waals surface area contributed by atoms with E-state index in [0.717, 1.165) is 27.5 Å². The molecule has 6 heteroatoms. The van der Waals surface area contributed by atoms with Gasteiger partial charge in [-0.15, -0.1) is 0 Å². The van der Waals surface area contributed by atoms with Crippen molar-refractivity contribution in [1.29, 1.82) is 0 Å². The van der Waals surface area contributed by atoms with Gasteiger partial charge in [0.25, 0.3) is 0 Å².